The van der Waals surface area contributed by atoms with Crippen LogP contribution in [0.25, 0.3) is 0 Å². The maximum Gasteiger partial charge on any atom is 0.354 e. The molecule has 0 aliphatic carbocycles. The molecular formula is C13H8FN3O2. The van der Waals surface area contributed by atoms with Crippen LogP contribution in [-0.2, 0) is 0 Å². The molecule has 1 aromatic heterocycles. The Bertz CT molecular complexity index is 680. The number of nitrogens with zero attached hydrogens (tertiary/aromatic N) is 2. The van der Waals surface area contributed by atoms with Gasteiger partial charge >= 0.3 is 5.97 Å². The normalized spacial score (nSPS) is 9.68. The first-order valence-electron chi connectivity index (χ1n) is 5.27. The van der Waals surface area contributed by atoms with Crippen LogP contribution in [0.15, 0.2) is 36.4 Å². The fraction of sp³-hybridized carbons (Fsp3) is 0. The number of nitriles is 1. The zero-order valence-corrected chi connectivity index (χ0v) is 9.59. The van der Waals surface area contributed by atoms with Gasteiger partial charge in [0.25, 0.3) is 0 Å². The Balaban J connectivity index is 2.29. The van der Waals surface area contributed by atoms with Crippen LogP contribution >= 0.6 is 0 Å². The first-order valence-corrected chi connectivity index (χ1v) is 5.27. The van der Waals surface area contributed by atoms with Crippen molar-refractivity contribution in [3.63, 3.8) is 0 Å². The Morgan fingerprint density at radius 2 is 2.16 bits per heavy atom. The summed E-state index contributed by atoms with van der Waals surface area (Å²) in [4.78, 5) is 14.6. The predicted molar refractivity (Wildman–Crippen MR) is 65.6 cm³/mol. The molecule has 0 spiro atoms. The van der Waals surface area contributed by atoms with Gasteiger partial charge in [-0.05, 0) is 30.3 Å². The monoisotopic (exact) mass is 257 g/mol. The molecule has 6 heteroatoms. The molecule has 0 atom stereocenters. The van der Waals surface area contributed by atoms with Crippen molar-refractivity contribution >= 4 is 17.5 Å². The maximum atomic E-state index is 13.1. The molecule has 0 unspecified atom stereocenters. The van der Waals surface area contributed by atoms with E-state index in [9.17, 15) is 9.18 Å². The number of hydrogen-bond donors (Lipinski definition) is 2. The number of benzene rings is 1. The minimum absolute atomic E-state index is 0.0978. The molecule has 2 rings (SSSR count). The minimum atomic E-state index is -1.14. The van der Waals surface area contributed by atoms with E-state index in [0.717, 1.165) is 6.07 Å². The van der Waals surface area contributed by atoms with Crippen LogP contribution in [0.3, 0.4) is 0 Å². The number of carboxylic acid groups (broad SMARTS) is 1. The fourth-order valence-electron chi connectivity index (χ4n) is 1.46. The van der Waals surface area contributed by atoms with Gasteiger partial charge in [0.15, 0.2) is 5.69 Å². The molecule has 0 saturated carbocycles. The Morgan fingerprint density at radius 1 is 1.37 bits per heavy atom. The lowest BCUT2D eigenvalue weighted by Crippen LogP contribution is -2.02. The second-order valence-electron chi connectivity index (χ2n) is 3.64. The first kappa shape index (κ1) is 12.5. The van der Waals surface area contributed by atoms with E-state index in [0.29, 0.717) is 11.5 Å². The van der Waals surface area contributed by atoms with E-state index in [1.165, 1.54) is 24.3 Å². The van der Waals surface area contributed by atoms with Gasteiger partial charge < -0.3 is 10.4 Å². The molecule has 0 amide bonds. The van der Waals surface area contributed by atoms with Crippen LogP contribution in [0.4, 0.5) is 15.9 Å². The van der Waals surface area contributed by atoms with Crippen LogP contribution in [-0.4, -0.2) is 16.1 Å². The number of nitrogens with one attached hydrogen (secondary N) is 1. The molecule has 0 aliphatic heterocycles. The van der Waals surface area contributed by atoms with E-state index < -0.39 is 11.8 Å². The quantitative estimate of drug-likeness (QED) is 0.882. The summed E-state index contributed by atoms with van der Waals surface area (Å²) in [5.74, 6) is -1.45. The van der Waals surface area contributed by atoms with Gasteiger partial charge in [0.05, 0.1) is 5.56 Å². The average molecular weight is 257 g/mol. The Hall–Kier alpha value is -2.94. The highest BCUT2D eigenvalue weighted by molar-refractivity contribution is 5.85. The molecule has 0 fully saturated rings. The summed E-state index contributed by atoms with van der Waals surface area (Å²) < 4.78 is 13.1. The third kappa shape index (κ3) is 2.84. The Morgan fingerprint density at radius 3 is 2.84 bits per heavy atom. The lowest BCUT2D eigenvalue weighted by molar-refractivity contribution is 0.0690. The predicted octanol–water partition coefficient (Wildman–Crippen LogP) is 2.53. The third-order valence-electron chi connectivity index (χ3n) is 2.33. The highest BCUT2D eigenvalue weighted by Crippen LogP contribution is 2.18. The van der Waals surface area contributed by atoms with Gasteiger partial charge in [-0.1, -0.05) is 6.07 Å². The topological polar surface area (TPSA) is 86.0 Å². The second-order valence-corrected chi connectivity index (χ2v) is 3.64. The average Bonchev–Trinajstić information content (AvgIpc) is 2.41. The number of carboxylic acids is 1. The fourth-order valence-corrected chi connectivity index (χ4v) is 1.46. The minimum Gasteiger partial charge on any atom is -0.477 e. The van der Waals surface area contributed by atoms with Crippen molar-refractivity contribution in [3.8, 4) is 6.07 Å². The SMILES string of the molecule is N#Cc1cc(Nc2cccc(C(=O)O)n2)ccc1F. The molecule has 19 heavy (non-hydrogen) atoms. The third-order valence-corrected chi connectivity index (χ3v) is 2.33. The summed E-state index contributed by atoms with van der Waals surface area (Å²) in [5.41, 5.74) is 0.250. The van der Waals surface area contributed by atoms with Gasteiger partial charge in [-0.2, -0.15) is 5.26 Å². The lowest BCUT2D eigenvalue weighted by Gasteiger charge is -2.06. The van der Waals surface area contributed by atoms with Gasteiger partial charge in [0.1, 0.15) is 17.7 Å². The van der Waals surface area contributed by atoms with Gasteiger partial charge in [-0.25, -0.2) is 14.2 Å². The molecule has 0 bridgehead atoms. The number of aromatic nitrogens is 1. The van der Waals surface area contributed by atoms with Crippen molar-refractivity contribution in [3.05, 3.63) is 53.5 Å². The summed E-state index contributed by atoms with van der Waals surface area (Å²) in [6, 6.07) is 10.1. The standard InChI is InChI=1S/C13H8FN3O2/c14-10-5-4-9(6-8(10)7-15)16-12-3-1-2-11(17-12)13(18)19/h1-6H,(H,16,17)(H,18,19). The highest BCUT2D eigenvalue weighted by Gasteiger charge is 2.06. The number of pyridine rings is 1. The molecule has 94 valence electrons. The first-order chi connectivity index (χ1) is 9.10. The van der Waals surface area contributed by atoms with E-state index in [1.54, 1.807) is 12.1 Å². The van der Waals surface area contributed by atoms with Crippen molar-refractivity contribution in [1.82, 2.24) is 4.98 Å². The van der Waals surface area contributed by atoms with Gasteiger partial charge in [-0.3, -0.25) is 0 Å². The summed E-state index contributed by atoms with van der Waals surface area (Å²) in [6.07, 6.45) is 0. The summed E-state index contributed by atoms with van der Waals surface area (Å²) in [7, 11) is 0. The Kier molecular flexibility index (Phi) is 3.39. The Labute approximate surface area is 108 Å². The van der Waals surface area contributed by atoms with Crippen LogP contribution in [0.2, 0.25) is 0 Å². The number of halogens is 1. The van der Waals surface area contributed by atoms with E-state index in [4.69, 9.17) is 10.4 Å². The van der Waals surface area contributed by atoms with Crippen LogP contribution in [0.1, 0.15) is 16.1 Å². The number of hydrogen-bond acceptors (Lipinski definition) is 4. The molecule has 0 saturated heterocycles. The van der Waals surface area contributed by atoms with Crippen molar-refractivity contribution in [2.24, 2.45) is 0 Å². The number of carbonyl (C=O) groups is 1. The zero-order valence-electron chi connectivity index (χ0n) is 9.59. The van der Waals surface area contributed by atoms with E-state index >= 15 is 0 Å². The number of anilines is 2. The highest BCUT2D eigenvalue weighted by atomic mass is 19.1. The number of aromatic carboxylic acids is 1. The van der Waals surface area contributed by atoms with Crippen molar-refractivity contribution in [2.45, 2.75) is 0 Å². The van der Waals surface area contributed by atoms with Gasteiger partial charge in [-0.15, -0.1) is 0 Å². The van der Waals surface area contributed by atoms with E-state index in [-0.39, 0.29) is 11.3 Å². The molecular weight excluding hydrogens is 249 g/mol. The molecule has 1 aromatic carbocycles. The summed E-state index contributed by atoms with van der Waals surface area (Å²) in [6.45, 7) is 0. The summed E-state index contributed by atoms with van der Waals surface area (Å²) >= 11 is 0. The molecule has 0 aliphatic rings. The van der Waals surface area contributed by atoms with Crippen molar-refractivity contribution < 1.29 is 14.3 Å². The molecule has 0 radical (unpaired) electrons. The van der Waals surface area contributed by atoms with Crippen LogP contribution < -0.4 is 5.32 Å². The van der Waals surface area contributed by atoms with Crippen molar-refractivity contribution in [1.29, 1.82) is 5.26 Å². The second kappa shape index (κ2) is 5.14. The van der Waals surface area contributed by atoms with E-state index in [2.05, 4.69) is 10.3 Å². The summed E-state index contributed by atoms with van der Waals surface area (Å²) in [5, 5.41) is 20.3. The maximum absolute atomic E-state index is 13.1. The van der Waals surface area contributed by atoms with Gasteiger partial charge in [0.2, 0.25) is 0 Å². The molecule has 2 N–H and O–H groups in total. The molecule has 5 nitrogen and oxygen atoms in total. The smallest absolute Gasteiger partial charge is 0.354 e. The number of rotatable bonds is 3. The lowest BCUT2D eigenvalue weighted by atomic mass is 10.2. The van der Waals surface area contributed by atoms with E-state index in [1.807, 2.05) is 0 Å². The van der Waals surface area contributed by atoms with Crippen molar-refractivity contribution in [2.75, 3.05) is 5.32 Å². The van der Waals surface area contributed by atoms with Gasteiger partial charge in [0, 0.05) is 5.69 Å². The molecule has 2 aromatic rings. The van der Waals surface area contributed by atoms with Crippen LogP contribution in [0.5, 0.6) is 0 Å². The zero-order chi connectivity index (χ0) is 13.8. The molecule has 1 heterocycles. The largest absolute Gasteiger partial charge is 0.477 e. The van der Waals surface area contributed by atoms with Crippen LogP contribution in [0, 0.1) is 17.1 Å².